The molecule has 0 saturated carbocycles. The van der Waals surface area contributed by atoms with Gasteiger partial charge < -0.3 is 4.74 Å². The Labute approximate surface area is 137 Å². The predicted octanol–water partition coefficient (Wildman–Crippen LogP) is 3.01. The van der Waals surface area contributed by atoms with Crippen molar-refractivity contribution in [2.45, 2.75) is 25.7 Å². The zero-order valence-electron chi connectivity index (χ0n) is 13.4. The first-order valence-electron chi connectivity index (χ1n) is 7.27. The van der Waals surface area contributed by atoms with E-state index in [1.165, 1.54) is 6.21 Å². The van der Waals surface area contributed by atoms with E-state index >= 15 is 0 Å². The first-order chi connectivity index (χ1) is 10.9. The van der Waals surface area contributed by atoms with E-state index in [1.807, 2.05) is 32.0 Å². The van der Waals surface area contributed by atoms with Crippen LogP contribution < -0.4 is 9.57 Å². The molecule has 0 saturated heterocycles. The van der Waals surface area contributed by atoms with E-state index < -0.39 is 10.0 Å². The van der Waals surface area contributed by atoms with E-state index in [4.69, 9.17) is 4.74 Å². The fourth-order valence-electron chi connectivity index (χ4n) is 2.03. The molecule has 0 spiro atoms. The first-order valence-corrected chi connectivity index (χ1v) is 8.75. The number of nitrogens with zero attached hydrogens (tertiary/aromatic N) is 1. The fourth-order valence-corrected chi connectivity index (χ4v) is 3.16. The third-order valence-corrected chi connectivity index (χ3v) is 4.58. The molecule has 2 aromatic rings. The maximum Gasteiger partial charge on any atom is 0.276 e. The number of rotatable bonds is 6. The summed E-state index contributed by atoms with van der Waals surface area (Å²) in [7, 11) is -3.67. The minimum absolute atomic E-state index is 0.237. The topological polar surface area (TPSA) is 67.8 Å². The van der Waals surface area contributed by atoms with Gasteiger partial charge in [0, 0.05) is 0 Å². The van der Waals surface area contributed by atoms with Crippen LogP contribution >= 0.6 is 0 Å². The van der Waals surface area contributed by atoms with Crippen LogP contribution in [0.25, 0.3) is 0 Å². The lowest BCUT2D eigenvalue weighted by atomic mass is 10.2. The quantitative estimate of drug-likeness (QED) is 0.653. The summed E-state index contributed by atoms with van der Waals surface area (Å²) >= 11 is 0. The third kappa shape index (κ3) is 4.56. The van der Waals surface area contributed by atoms with Crippen molar-refractivity contribution in [3.05, 3.63) is 59.2 Å². The number of nitrogens with one attached hydrogen (secondary N) is 1. The summed E-state index contributed by atoms with van der Waals surface area (Å²) in [6, 6.07) is 12.5. The normalized spacial score (nSPS) is 11.6. The maximum atomic E-state index is 12.3. The molecule has 122 valence electrons. The molecule has 6 heteroatoms. The monoisotopic (exact) mass is 332 g/mol. The number of ether oxygens (including phenoxy) is 1. The summed E-state index contributed by atoms with van der Waals surface area (Å²) < 4.78 is 29.9. The molecular weight excluding hydrogens is 312 g/mol. The SMILES string of the molecule is CCOc1ccc(/C=N/NS(=O)(=O)c2cc(C)ccc2C)cc1. The van der Waals surface area contributed by atoms with Gasteiger partial charge in [-0.1, -0.05) is 12.1 Å². The molecule has 0 atom stereocenters. The Hall–Kier alpha value is -2.34. The Balaban J connectivity index is 2.10. The van der Waals surface area contributed by atoms with Crippen molar-refractivity contribution in [3.8, 4) is 5.75 Å². The van der Waals surface area contributed by atoms with E-state index in [-0.39, 0.29) is 4.90 Å². The summed E-state index contributed by atoms with van der Waals surface area (Å²) in [5.74, 6) is 0.764. The van der Waals surface area contributed by atoms with Crippen LogP contribution in [-0.2, 0) is 10.0 Å². The summed E-state index contributed by atoms with van der Waals surface area (Å²) in [6.07, 6.45) is 1.46. The number of aryl methyl sites for hydroxylation is 2. The molecule has 2 aromatic carbocycles. The van der Waals surface area contributed by atoms with E-state index in [9.17, 15) is 8.42 Å². The van der Waals surface area contributed by atoms with Crippen molar-refractivity contribution in [1.82, 2.24) is 4.83 Å². The zero-order valence-corrected chi connectivity index (χ0v) is 14.2. The van der Waals surface area contributed by atoms with Crippen LogP contribution in [0.15, 0.2) is 52.5 Å². The lowest BCUT2D eigenvalue weighted by Gasteiger charge is -2.07. The smallest absolute Gasteiger partial charge is 0.276 e. The molecule has 0 bridgehead atoms. The number of hydrogen-bond acceptors (Lipinski definition) is 4. The summed E-state index contributed by atoms with van der Waals surface area (Å²) in [5.41, 5.74) is 2.34. The maximum absolute atomic E-state index is 12.3. The minimum Gasteiger partial charge on any atom is -0.494 e. The van der Waals surface area contributed by atoms with Gasteiger partial charge in [0.25, 0.3) is 10.0 Å². The van der Waals surface area contributed by atoms with Crippen LogP contribution in [0.4, 0.5) is 0 Å². The zero-order chi connectivity index (χ0) is 16.9. The van der Waals surface area contributed by atoms with Crippen molar-refractivity contribution >= 4 is 16.2 Å². The summed E-state index contributed by atoms with van der Waals surface area (Å²) in [5, 5.41) is 3.83. The van der Waals surface area contributed by atoms with Crippen molar-refractivity contribution in [1.29, 1.82) is 0 Å². The van der Waals surface area contributed by atoms with Crippen LogP contribution in [0.3, 0.4) is 0 Å². The van der Waals surface area contributed by atoms with Crippen LogP contribution in [0.2, 0.25) is 0 Å². The van der Waals surface area contributed by atoms with Gasteiger partial charge in [-0.15, -0.1) is 0 Å². The lowest BCUT2D eigenvalue weighted by molar-refractivity contribution is 0.340. The molecule has 0 aromatic heterocycles. The van der Waals surface area contributed by atoms with Crippen molar-refractivity contribution in [2.24, 2.45) is 5.10 Å². The van der Waals surface area contributed by atoms with E-state index in [0.717, 1.165) is 16.9 Å². The number of sulfonamides is 1. The highest BCUT2D eigenvalue weighted by Gasteiger charge is 2.15. The van der Waals surface area contributed by atoms with Gasteiger partial charge >= 0.3 is 0 Å². The van der Waals surface area contributed by atoms with Crippen LogP contribution in [0.5, 0.6) is 5.75 Å². The molecule has 1 N–H and O–H groups in total. The molecule has 0 heterocycles. The van der Waals surface area contributed by atoms with Gasteiger partial charge in [0.15, 0.2) is 0 Å². The second-order valence-electron chi connectivity index (χ2n) is 5.12. The molecule has 2 rings (SSSR count). The molecule has 23 heavy (non-hydrogen) atoms. The average Bonchev–Trinajstić information content (AvgIpc) is 2.51. The lowest BCUT2D eigenvalue weighted by Crippen LogP contribution is -2.19. The Kier molecular flexibility index (Phi) is 5.39. The number of hydrogen-bond donors (Lipinski definition) is 1. The van der Waals surface area contributed by atoms with Gasteiger partial charge in [0.05, 0.1) is 17.7 Å². The van der Waals surface area contributed by atoms with Crippen molar-refractivity contribution in [2.75, 3.05) is 6.61 Å². The summed E-state index contributed by atoms with van der Waals surface area (Å²) in [6.45, 7) is 6.12. The van der Waals surface area contributed by atoms with Gasteiger partial charge in [-0.3, -0.25) is 0 Å². The van der Waals surface area contributed by atoms with Gasteiger partial charge in [0.1, 0.15) is 5.75 Å². The van der Waals surface area contributed by atoms with Gasteiger partial charge in [0.2, 0.25) is 0 Å². The Morgan fingerprint density at radius 2 is 1.83 bits per heavy atom. The summed E-state index contributed by atoms with van der Waals surface area (Å²) in [4.78, 5) is 2.48. The molecule has 0 fully saturated rings. The number of hydrazone groups is 1. The van der Waals surface area contributed by atoms with Gasteiger partial charge in [-0.05, 0) is 67.8 Å². The predicted molar refractivity (Wildman–Crippen MR) is 91.4 cm³/mol. The number of benzene rings is 2. The molecular formula is C17H20N2O3S. The van der Waals surface area contributed by atoms with Gasteiger partial charge in [-0.2, -0.15) is 13.5 Å². The third-order valence-electron chi connectivity index (χ3n) is 3.21. The van der Waals surface area contributed by atoms with E-state index in [1.54, 1.807) is 31.2 Å². The molecule has 0 amide bonds. The molecule has 0 aliphatic rings. The Bertz CT molecular complexity index is 797. The molecule has 0 radical (unpaired) electrons. The molecule has 5 nitrogen and oxygen atoms in total. The van der Waals surface area contributed by atoms with Crippen LogP contribution in [0, 0.1) is 13.8 Å². The first kappa shape index (κ1) is 17.0. The Morgan fingerprint density at radius 1 is 1.13 bits per heavy atom. The van der Waals surface area contributed by atoms with Gasteiger partial charge in [-0.25, -0.2) is 4.83 Å². The average molecular weight is 332 g/mol. The molecule has 0 aliphatic carbocycles. The largest absolute Gasteiger partial charge is 0.494 e. The van der Waals surface area contributed by atoms with Crippen LogP contribution in [0.1, 0.15) is 23.6 Å². The van der Waals surface area contributed by atoms with Crippen LogP contribution in [-0.4, -0.2) is 21.2 Å². The Morgan fingerprint density at radius 3 is 2.48 bits per heavy atom. The highest BCUT2D eigenvalue weighted by Crippen LogP contribution is 2.16. The highest BCUT2D eigenvalue weighted by molar-refractivity contribution is 7.89. The van der Waals surface area contributed by atoms with E-state index in [0.29, 0.717) is 12.2 Å². The highest BCUT2D eigenvalue weighted by atomic mass is 32.2. The fraction of sp³-hybridized carbons (Fsp3) is 0.235. The molecule has 0 unspecified atom stereocenters. The second-order valence-corrected chi connectivity index (χ2v) is 6.75. The second kappa shape index (κ2) is 7.28. The molecule has 0 aliphatic heterocycles. The van der Waals surface area contributed by atoms with Crippen molar-refractivity contribution in [3.63, 3.8) is 0 Å². The van der Waals surface area contributed by atoms with E-state index in [2.05, 4.69) is 9.93 Å². The standard InChI is InChI=1S/C17H20N2O3S/c1-4-22-16-9-7-15(8-10-16)12-18-19-23(20,21)17-11-13(2)5-6-14(17)3/h5-12,19H,4H2,1-3H3/b18-12+. The minimum atomic E-state index is -3.67. The van der Waals surface area contributed by atoms with Crippen molar-refractivity contribution < 1.29 is 13.2 Å².